The predicted molar refractivity (Wildman–Crippen MR) is 74.3 cm³/mol. The van der Waals surface area contributed by atoms with Crippen LogP contribution in [0.1, 0.15) is 21.5 Å². The van der Waals surface area contributed by atoms with Crippen molar-refractivity contribution in [2.24, 2.45) is 0 Å². The maximum absolute atomic E-state index is 11.6. The minimum Gasteiger partial charge on any atom is -0.317 e. The molecule has 1 aliphatic heterocycles. The van der Waals surface area contributed by atoms with Gasteiger partial charge in [0.1, 0.15) is 0 Å². The molecule has 1 aromatic carbocycles. The molecule has 0 aromatic heterocycles. The van der Waals surface area contributed by atoms with E-state index in [1.807, 2.05) is 13.8 Å². The third-order valence-electron chi connectivity index (χ3n) is 2.58. The van der Waals surface area contributed by atoms with Gasteiger partial charge in [0.2, 0.25) is 0 Å². The molecular weight excluding hydrogens is 420 g/mol. The Balaban J connectivity index is 2.86. The summed E-state index contributed by atoms with van der Waals surface area (Å²) in [7, 11) is 0. The van der Waals surface area contributed by atoms with E-state index in [2.05, 4.69) is 50.5 Å². The van der Waals surface area contributed by atoms with Gasteiger partial charge in [0.15, 0.2) is 0 Å². The van der Waals surface area contributed by atoms with Crippen molar-refractivity contribution in [1.29, 1.82) is 0 Å². The van der Waals surface area contributed by atoms with Crippen LogP contribution in [0.15, 0.2) is 0 Å². The Morgan fingerprint density at radius 2 is 1.53 bits per heavy atom. The van der Waals surface area contributed by atoms with Crippen LogP contribution in [0.5, 0.6) is 0 Å². The number of rotatable bonds is 0. The van der Waals surface area contributed by atoms with Crippen LogP contribution in [-0.4, -0.2) is 11.7 Å². The molecule has 0 atom stereocenters. The number of amides is 1. The molecular formula is C10H7I2NO2. The molecule has 1 amide bonds. The summed E-state index contributed by atoms with van der Waals surface area (Å²) in [4.78, 5) is 22.9. The van der Waals surface area contributed by atoms with E-state index >= 15 is 0 Å². The summed E-state index contributed by atoms with van der Waals surface area (Å²) in [5, 5.41) is 2.62. The summed E-state index contributed by atoms with van der Waals surface area (Å²) in [6.07, 6.45) is 0. The lowest BCUT2D eigenvalue weighted by Crippen LogP contribution is -2.13. The van der Waals surface area contributed by atoms with Gasteiger partial charge >= 0.3 is 0 Å². The number of halogens is 2. The normalized spacial score (nSPS) is 14.1. The highest BCUT2D eigenvalue weighted by atomic mass is 127. The SMILES string of the molecule is Cc1c(C)c(I)c2c(c1I)NC(=O)C2=O. The fourth-order valence-corrected chi connectivity index (χ4v) is 3.27. The topological polar surface area (TPSA) is 46.2 Å². The van der Waals surface area contributed by atoms with Crippen LogP contribution in [0, 0.1) is 21.0 Å². The molecule has 0 radical (unpaired) electrons. The van der Waals surface area contributed by atoms with Gasteiger partial charge in [0, 0.05) is 7.14 Å². The van der Waals surface area contributed by atoms with Gasteiger partial charge in [-0.1, -0.05) is 0 Å². The standard InChI is InChI=1S/C10H7I2NO2/c1-3-4(2)7(12)8-5(6(3)11)9(14)10(15)13-8/h1-2H3,(H,13,14,15). The van der Waals surface area contributed by atoms with Crippen LogP contribution < -0.4 is 5.32 Å². The van der Waals surface area contributed by atoms with Crippen molar-refractivity contribution in [3.63, 3.8) is 0 Å². The van der Waals surface area contributed by atoms with Crippen molar-refractivity contribution < 1.29 is 9.59 Å². The molecule has 5 heteroatoms. The monoisotopic (exact) mass is 427 g/mol. The minimum absolute atomic E-state index is 0.421. The molecule has 1 aliphatic rings. The molecule has 2 rings (SSSR count). The molecule has 78 valence electrons. The Hall–Kier alpha value is -0.180. The van der Waals surface area contributed by atoms with E-state index in [0.29, 0.717) is 11.3 Å². The lowest BCUT2D eigenvalue weighted by atomic mass is 10.0. The zero-order chi connectivity index (χ0) is 11.3. The van der Waals surface area contributed by atoms with Crippen molar-refractivity contribution in [1.82, 2.24) is 0 Å². The molecule has 0 saturated heterocycles. The van der Waals surface area contributed by atoms with E-state index in [9.17, 15) is 9.59 Å². The van der Waals surface area contributed by atoms with Crippen LogP contribution in [0.4, 0.5) is 5.69 Å². The number of anilines is 1. The number of ketones is 1. The highest BCUT2D eigenvalue weighted by molar-refractivity contribution is 14.1. The minimum atomic E-state index is -0.522. The Bertz CT molecular complexity index is 509. The second kappa shape index (κ2) is 3.69. The molecule has 0 aliphatic carbocycles. The van der Waals surface area contributed by atoms with Crippen LogP contribution in [0.25, 0.3) is 0 Å². The zero-order valence-electron chi connectivity index (χ0n) is 8.07. The van der Waals surface area contributed by atoms with E-state index < -0.39 is 11.7 Å². The number of carbonyl (C=O) groups excluding carboxylic acids is 2. The zero-order valence-corrected chi connectivity index (χ0v) is 12.4. The number of fused-ring (bicyclic) bond motifs is 1. The van der Waals surface area contributed by atoms with Crippen LogP contribution in [0.2, 0.25) is 0 Å². The van der Waals surface area contributed by atoms with Gasteiger partial charge in [-0.25, -0.2) is 0 Å². The van der Waals surface area contributed by atoms with Crippen LogP contribution in [0.3, 0.4) is 0 Å². The van der Waals surface area contributed by atoms with E-state index in [1.54, 1.807) is 0 Å². The quantitative estimate of drug-likeness (QED) is 0.512. The first-order valence-electron chi connectivity index (χ1n) is 4.29. The van der Waals surface area contributed by atoms with Crippen molar-refractivity contribution in [3.8, 4) is 0 Å². The van der Waals surface area contributed by atoms with Crippen molar-refractivity contribution in [2.75, 3.05) is 5.32 Å². The smallest absolute Gasteiger partial charge is 0.296 e. The Morgan fingerprint density at radius 1 is 1.00 bits per heavy atom. The van der Waals surface area contributed by atoms with E-state index in [1.165, 1.54) is 0 Å². The summed E-state index contributed by atoms with van der Waals surface area (Å²) in [5.74, 6) is -0.943. The lowest BCUT2D eigenvalue weighted by Gasteiger charge is -2.11. The fourth-order valence-electron chi connectivity index (χ4n) is 1.54. The highest BCUT2D eigenvalue weighted by Crippen LogP contribution is 2.36. The summed E-state index contributed by atoms with van der Waals surface area (Å²) < 4.78 is 1.84. The van der Waals surface area contributed by atoms with Gasteiger partial charge in [-0.05, 0) is 70.2 Å². The fraction of sp³-hybridized carbons (Fsp3) is 0.200. The maximum atomic E-state index is 11.6. The largest absolute Gasteiger partial charge is 0.317 e. The average Bonchev–Trinajstić information content (AvgIpc) is 2.50. The molecule has 0 fully saturated rings. The predicted octanol–water partition coefficient (Wildman–Crippen LogP) is 2.65. The highest BCUT2D eigenvalue weighted by Gasteiger charge is 2.33. The van der Waals surface area contributed by atoms with E-state index in [0.717, 1.165) is 18.3 Å². The number of Topliss-reactive ketones (excluding diaryl/α,β-unsaturated/α-hetero) is 1. The van der Waals surface area contributed by atoms with Crippen LogP contribution in [-0.2, 0) is 4.79 Å². The second-order valence-electron chi connectivity index (χ2n) is 3.41. The number of benzene rings is 1. The molecule has 0 spiro atoms. The number of hydrogen-bond donors (Lipinski definition) is 1. The van der Waals surface area contributed by atoms with Gasteiger partial charge < -0.3 is 5.32 Å². The van der Waals surface area contributed by atoms with E-state index in [4.69, 9.17) is 0 Å². The van der Waals surface area contributed by atoms with Gasteiger partial charge in [-0.15, -0.1) is 0 Å². The van der Waals surface area contributed by atoms with Gasteiger partial charge in [0.05, 0.1) is 11.3 Å². The average molecular weight is 427 g/mol. The summed E-state index contributed by atoms with van der Waals surface area (Å²) in [6.45, 7) is 3.96. The number of nitrogens with one attached hydrogen (secondary N) is 1. The third kappa shape index (κ3) is 1.50. The summed E-state index contributed by atoms with van der Waals surface area (Å²) in [6, 6.07) is 0. The molecule has 3 nitrogen and oxygen atoms in total. The van der Waals surface area contributed by atoms with Crippen molar-refractivity contribution in [3.05, 3.63) is 23.8 Å². The van der Waals surface area contributed by atoms with Crippen LogP contribution >= 0.6 is 45.2 Å². The molecule has 0 saturated carbocycles. The first kappa shape index (κ1) is 11.3. The summed E-state index contributed by atoms with van der Waals surface area (Å²) >= 11 is 4.28. The molecule has 1 aromatic rings. The van der Waals surface area contributed by atoms with Crippen molar-refractivity contribution in [2.45, 2.75) is 13.8 Å². The first-order chi connectivity index (χ1) is 6.95. The Labute approximate surface area is 114 Å². The second-order valence-corrected chi connectivity index (χ2v) is 5.57. The third-order valence-corrected chi connectivity index (χ3v) is 5.28. The van der Waals surface area contributed by atoms with Gasteiger partial charge in [-0.3, -0.25) is 9.59 Å². The van der Waals surface area contributed by atoms with E-state index in [-0.39, 0.29) is 0 Å². The van der Waals surface area contributed by atoms with Gasteiger partial charge in [-0.2, -0.15) is 0 Å². The number of carbonyl (C=O) groups is 2. The van der Waals surface area contributed by atoms with Gasteiger partial charge in [0.25, 0.3) is 11.7 Å². The molecule has 0 bridgehead atoms. The Kier molecular flexibility index (Phi) is 2.78. The molecule has 0 unspecified atom stereocenters. The summed E-state index contributed by atoms with van der Waals surface area (Å²) in [5.41, 5.74) is 3.41. The molecule has 15 heavy (non-hydrogen) atoms. The number of hydrogen-bond acceptors (Lipinski definition) is 2. The maximum Gasteiger partial charge on any atom is 0.296 e. The lowest BCUT2D eigenvalue weighted by molar-refractivity contribution is -0.112. The van der Waals surface area contributed by atoms with Crippen molar-refractivity contribution >= 4 is 62.6 Å². The Morgan fingerprint density at radius 3 is 2.13 bits per heavy atom. The first-order valence-corrected chi connectivity index (χ1v) is 6.44. The molecule has 1 N–H and O–H groups in total. The molecule has 1 heterocycles.